The number of benzene rings is 1. The highest BCUT2D eigenvalue weighted by Gasteiger charge is 2.04. The van der Waals surface area contributed by atoms with Gasteiger partial charge in [0, 0.05) is 18.3 Å². The van der Waals surface area contributed by atoms with Crippen molar-refractivity contribution in [2.75, 3.05) is 25.6 Å². The van der Waals surface area contributed by atoms with Crippen molar-refractivity contribution in [2.45, 2.75) is 46.0 Å². The molecule has 0 atom stereocenters. The van der Waals surface area contributed by atoms with Gasteiger partial charge in [0.2, 0.25) is 0 Å². The number of nitrogens with one attached hydrogen (secondary N) is 1. The molecule has 108 valence electrons. The van der Waals surface area contributed by atoms with E-state index in [4.69, 9.17) is 9.47 Å². The minimum absolute atomic E-state index is 0.650. The summed E-state index contributed by atoms with van der Waals surface area (Å²) in [6.45, 7) is 5.89. The first-order valence-corrected chi connectivity index (χ1v) is 7.36. The zero-order valence-electron chi connectivity index (χ0n) is 12.5. The van der Waals surface area contributed by atoms with Gasteiger partial charge in [-0.3, -0.25) is 0 Å². The lowest BCUT2D eigenvalue weighted by Crippen LogP contribution is -2.02. The predicted octanol–water partition coefficient (Wildman–Crippen LogP) is 4.48. The lowest BCUT2D eigenvalue weighted by atomic mass is 10.1. The molecule has 1 N–H and O–H groups in total. The molecule has 0 aliphatic rings. The molecule has 0 unspecified atom stereocenters. The van der Waals surface area contributed by atoms with E-state index in [0.29, 0.717) is 6.61 Å². The third kappa shape index (κ3) is 5.86. The van der Waals surface area contributed by atoms with Crippen molar-refractivity contribution < 1.29 is 9.47 Å². The standard InChI is InChI=1S/C16H27NO2/c1-4-6-7-8-9-12-17-14-10-11-15(18-3)16(13-14)19-5-2/h10-11,13,17H,4-9,12H2,1-3H3. The van der Waals surface area contributed by atoms with Crippen molar-refractivity contribution >= 4 is 5.69 Å². The van der Waals surface area contributed by atoms with Gasteiger partial charge in [-0.05, 0) is 25.5 Å². The van der Waals surface area contributed by atoms with E-state index in [1.54, 1.807) is 7.11 Å². The quantitative estimate of drug-likeness (QED) is 0.633. The van der Waals surface area contributed by atoms with Gasteiger partial charge in [0.05, 0.1) is 13.7 Å². The van der Waals surface area contributed by atoms with Crippen molar-refractivity contribution in [3.05, 3.63) is 18.2 Å². The van der Waals surface area contributed by atoms with Crippen LogP contribution in [0.4, 0.5) is 5.69 Å². The van der Waals surface area contributed by atoms with Crippen molar-refractivity contribution in [3.63, 3.8) is 0 Å². The minimum atomic E-state index is 0.650. The average Bonchev–Trinajstić information content (AvgIpc) is 2.43. The SMILES string of the molecule is CCCCCCCNc1ccc(OC)c(OCC)c1. The van der Waals surface area contributed by atoms with E-state index in [-0.39, 0.29) is 0 Å². The highest BCUT2D eigenvalue weighted by molar-refractivity contribution is 5.54. The normalized spacial score (nSPS) is 10.3. The molecule has 0 saturated heterocycles. The number of ether oxygens (including phenoxy) is 2. The Kier molecular flexibility index (Phi) is 7.87. The van der Waals surface area contributed by atoms with Gasteiger partial charge < -0.3 is 14.8 Å². The molecule has 0 spiro atoms. The van der Waals surface area contributed by atoms with Crippen molar-refractivity contribution in [2.24, 2.45) is 0 Å². The summed E-state index contributed by atoms with van der Waals surface area (Å²) in [6.07, 6.45) is 6.50. The van der Waals surface area contributed by atoms with E-state index in [1.807, 2.05) is 25.1 Å². The van der Waals surface area contributed by atoms with Gasteiger partial charge in [0.1, 0.15) is 0 Å². The summed E-state index contributed by atoms with van der Waals surface area (Å²) in [5.74, 6) is 1.59. The van der Waals surface area contributed by atoms with Gasteiger partial charge in [-0.15, -0.1) is 0 Å². The Hall–Kier alpha value is -1.38. The molecule has 1 rings (SSSR count). The first-order valence-electron chi connectivity index (χ1n) is 7.36. The fraction of sp³-hybridized carbons (Fsp3) is 0.625. The van der Waals surface area contributed by atoms with Crippen molar-refractivity contribution in [3.8, 4) is 11.5 Å². The van der Waals surface area contributed by atoms with Crippen LogP contribution >= 0.6 is 0 Å². The topological polar surface area (TPSA) is 30.5 Å². The molecule has 0 heterocycles. The molecular weight excluding hydrogens is 238 g/mol. The molecule has 0 aliphatic carbocycles. The monoisotopic (exact) mass is 265 g/mol. The zero-order valence-corrected chi connectivity index (χ0v) is 12.5. The maximum atomic E-state index is 5.56. The first kappa shape index (κ1) is 15.7. The molecule has 1 aromatic rings. The number of rotatable bonds is 10. The van der Waals surface area contributed by atoms with Gasteiger partial charge in [-0.25, -0.2) is 0 Å². The maximum Gasteiger partial charge on any atom is 0.163 e. The summed E-state index contributed by atoms with van der Waals surface area (Å²) >= 11 is 0. The van der Waals surface area contributed by atoms with Crippen LogP contribution < -0.4 is 14.8 Å². The van der Waals surface area contributed by atoms with Crippen LogP contribution in [0, 0.1) is 0 Å². The van der Waals surface area contributed by atoms with E-state index < -0.39 is 0 Å². The average molecular weight is 265 g/mol. The summed E-state index contributed by atoms with van der Waals surface area (Å²) in [6, 6.07) is 5.99. The fourth-order valence-electron chi connectivity index (χ4n) is 2.02. The molecule has 0 bridgehead atoms. The molecule has 0 radical (unpaired) electrons. The number of hydrogen-bond donors (Lipinski definition) is 1. The molecule has 0 fully saturated rings. The Balaban J connectivity index is 2.39. The first-order chi connectivity index (χ1) is 9.31. The molecule has 3 nitrogen and oxygen atoms in total. The Labute approximate surface area is 117 Å². The lowest BCUT2D eigenvalue weighted by molar-refractivity contribution is 0.311. The number of methoxy groups -OCH3 is 1. The second-order valence-electron chi connectivity index (χ2n) is 4.64. The van der Waals surface area contributed by atoms with Crippen LogP contribution in [0.3, 0.4) is 0 Å². The molecular formula is C16H27NO2. The highest BCUT2D eigenvalue weighted by atomic mass is 16.5. The summed E-state index contributed by atoms with van der Waals surface area (Å²) in [4.78, 5) is 0. The van der Waals surface area contributed by atoms with Crippen LogP contribution in [0.2, 0.25) is 0 Å². The summed E-state index contributed by atoms with van der Waals surface area (Å²) in [7, 11) is 1.67. The Bertz CT molecular complexity index is 353. The Morgan fingerprint density at radius 1 is 1.00 bits per heavy atom. The van der Waals surface area contributed by atoms with Crippen LogP contribution in [-0.2, 0) is 0 Å². The minimum Gasteiger partial charge on any atom is -0.493 e. The van der Waals surface area contributed by atoms with Gasteiger partial charge in [-0.2, -0.15) is 0 Å². The van der Waals surface area contributed by atoms with Crippen LogP contribution in [0.5, 0.6) is 11.5 Å². The largest absolute Gasteiger partial charge is 0.493 e. The second-order valence-corrected chi connectivity index (χ2v) is 4.64. The number of hydrogen-bond acceptors (Lipinski definition) is 3. The van der Waals surface area contributed by atoms with Crippen molar-refractivity contribution in [1.82, 2.24) is 0 Å². The molecule has 0 aromatic heterocycles. The smallest absolute Gasteiger partial charge is 0.163 e. The molecule has 3 heteroatoms. The van der Waals surface area contributed by atoms with Gasteiger partial charge in [0.15, 0.2) is 11.5 Å². The van der Waals surface area contributed by atoms with E-state index in [9.17, 15) is 0 Å². The summed E-state index contributed by atoms with van der Waals surface area (Å²) in [5.41, 5.74) is 1.10. The highest BCUT2D eigenvalue weighted by Crippen LogP contribution is 2.30. The second kappa shape index (κ2) is 9.54. The predicted molar refractivity (Wildman–Crippen MR) is 81.4 cm³/mol. The summed E-state index contributed by atoms with van der Waals surface area (Å²) < 4.78 is 10.8. The van der Waals surface area contributed by atoms with Crippen molar-refractivity contribution in [1.29, 1.82) is 0 Å². The Morgan fingerprint density at radius 2 is 1.79 bits per heavy atom. The lowest BCUT2D eigenvalue weighted by Gasteiger charge is -2.12. The van der Waals surface area contributed by atoms with Gasteiger partial charge in [-0.1, -0.05) is 32.6 Å². The van der Waals surface area contributed by atoms with Gasteiger partial charge in [0.25, 0.3) is 0 Å². The third-order valence-corrected chi connectivity index (χ3v) is 3.07. The fourth-order valence-corrected chi connectivity index (χ4v) is 2.02. The molecule has 1 aromatic carbocycles. The van der Waals surface area contributed by atoms with Gasteiger partial charge >= 0.3 is 0 Å². The Morgan fingerprint density at radius 3 is 2.47 bits per heavy atom. The summed E-state index contributed by atoms with van der Waals surface area (Å²) in [5, 5.41) is 3.44. The number of anilines is 1. The molecule has 0 amide bonds. The van der Waals surface area contributed by atoms with Crippen LogP contribution in [0.15, 0.2) is 18.2 Å². The zero-order chi connectivity index (χ0) is 13.9. The van der Waals surface area contributed by atoms with Crippen LogP contribution in [0.1, 0.15) is 46.0 Å². The maximum absolute atomic E-state index is 5.56. The third-order valence-electron chi connectivity index (χ3n) is 3.07. The van der Waals surface area contributed by atoms with E-state index in [0.717, 1.165) is 23.7 Å². The number of unbranched alkanes of at least 4 members (excludes halogenated alkanes) is 4. The van der Waals surface area contributed by atoms with E-state index in [2.05, 4.69) is 12.2 Å². The van der Waals surface area contributed by atoms with E-state index in [1.165, 1.54) is 32.1 Å². The van der Waals surface area contributed by atoms with Crippen LogP contribution in [-0.4, -0.2) is 20.3 Å². The molecule has 0 aliphatic heterocycles. The van der Waals surface area contributed by atoms with E-state index >= 15 is 0 Å². The molecule has 0 saturated carbocycles. The molecule has 19 heavy (non-hydrogen) atoms. The van der Waals surface area contributed by atoms with Crippen LogP contribution in [0.25, 0.3) is 0 Å².